The van der Waals surface area contributed by atoms with E-state index < -0.39 is 12.7 Å². The number of hydrogen-bond acceptors (Lipinski definition) is 3. The average Bonchev–Trinajstić information content (AvgIpc) is 3.26. The Morgan fingerprint density at radius 3 is 2.68 bits per heavy atom. The molecule has 0 radical (unpaired) electrons. The molecule has 0 aliphatic carbocycles. The molecule has 1 atom stereocenters. The van der Waals surface area contributed by atoms with Gasteiger partial charge in [0.05, 0.1) is 13.5 Å². The second-order valence-corrected chi connectivity index (χ2v) is 9.13. The van der Waals surface area contributed by atoms with E-state index in [2.05, 4.69) is 22.9 Å². The summed E-state index contributed by atoms with van der Waals surface area (Å²) in [5.74, 6) is 0.169. The highest BCUT2D eigenvalue weighted by molar-refractivity contribution is 5.99. The number of ether oxygens (including phenoxy) is 1. The highest BCUT2D eigenvalue weighted by Gasteiger charge is 2.27. The maximum absolute atomic E-state index is 13.7. The number of nitrogens with one attached hydrogen (secondary N) is 2. The lowest BCUT2D eigenvalue weighted by molar-refractivity contribution is -0.127. The Bertz CT molecular complexity index is 1370. The van der Waals surface area contributed by atoms with E-state index in [1.165, 1.54) is 6.08 Å². The van der Waals surface area contributed by atoms with Crippen LogP contribution < -0.4 is 15.0 Å². The molecule has 4 rings (SSSR count). The number of amides is 2. The van der Waals surface area contributed by atoms with Gasteiger partial charge in [-0.3, -0.25) is 9.59 Å². The van der Waals surface area contributed by atoms with E-state index in [0.29, 0.717) is 30.0 Å². The maximum Gasteiger partial charge on any atom is 0.249 e. The van der Waals surface area contributed by atoms with Gasteiger partial charge >= 0.3 is 0 Å². The molecular weight excluding hydrogens is 481 g/mol. The molecule has 196 valence electrons. The minimum absolute atomic E-state index is 0.0363. The fourth-order valence-corrected chi connectivity index (χ4v) is 4.66. The number of rotatable bonds is 6. The van der Waals surface area contributed by atoms with E-state index in [1.807, 2.05) is 30.4 Å². The summed E-state index contributed by atoms with van der Waals surface area (Å²) in [5, 5.41) is 2.98. The Hall–Kier alpha value is -4.39. The minimum atomic E-state index is -0.779. The van der Waals surface area contributed by atoms with Gasteiger partial charge in [0, 0.05) is 36.1 Å². The second kappa shape index (κ2) is 12.2. The van der Waals surface area contributed by atoms with Gasteiger partial charge in [0.1, 0.15) is 18.5 Å². The molecule has 1 aliphatic rings. The molecule has 0 saturated heterocycles. The second-order valence-electron chi connectivity index (χ2n) is 9.13. The van der Waals surface area contributed by atoms with Gasteiger partial charge in [-0.2, -0.15) is 0 Å². The molecule has 1 aliphatic heterocycles. The number of alkyl halides is 1. The third-order valence-electron chi connectivity index (χ3n) is 6.62. The van der Waals surface area contributed by atoms with E-state index in [0.717, 1.165) is 27.9 Å². The van der Waals surface area contributed by atoms with Crippen LogP contribution >= 0.6 is 0 Å². The van der Waals surface area contributed by atoms with Crippen LogP contribution in [0.15, 0.2) is 67.3 Å². The Balaban J connectivity index is 1.71. The molecule has 0 unspecified atom stereocenters. The van der Waals surface area contributed by atoms with Crippen molar-refractivity contribution in [3.8, 4) is 5.75 Å². The molecule has 3 aromatic rings. The summed E-state index contributed by atoms with van der Waals surface area (Å²) in [6, 6.07) is 14.4. The molecule has 2 aromatic carbocycles. The van der Waals surface area contributed by atoms with Gasteiger partial charge in [-0.25, -0.2) is 4.39 Å². The number of nitrogens with zero attached hydrogens (tertiary/aromatic N) is 1. The fourth-order valence-electron chi connectivity index (χ4n) is 4.66. The monoisotopic (exact) mass is 513 g/mol. The molecular formula is C31H32FN3O3. The van der Waals surface area contributed by atoms with E-state index in [4.69, 9.17) is 4.74 Å². The van der Waals surface area contributed by atoms with Crippen LogP contribution in [0.25, 0.3) is 18.2 Å². The van der Waals surface area contributed by atoms with Gasteiger partial charge < -0.3 is 19.9 Å². The first-order valence-corrected chi connectivity index (χ1v) is 12.5. The van der Waals surface area contributed by atoms with E-state index >= 15 is 0 Å². The van der Waals surface area contributed by atoms with Crippen molar-refractivity contribution >= 4 is 35.7 Å². The molecule has 0 saturated carbocycles. The zero-order chi connectivity index (χ0) is 27.1. The lowest BCUT2D eigenvalue weighted by Gasteiger charge is -2.25. The SMILES string of the molecule is C=Cc1c(/C=C\CF)[nH]c2c1CC(=O)N[C@H](C(=O)N(C)c1ccc(OC)cc1)Cc1cccc(c1)C/C=C/2. The number of anilines is 1. The van der Waals surface area contributed by atoms with Crippen LogP contribution in [0.4, 0.5) is 10.1 Å². The predicted octanol–water partition coefficient (Wildman–Crippen LogP) is 5.15. The number of likely N-dealkylation sites (N-methyl/N-ethyl adjacent to an activating group) is 1. The lowest BCUT2D eigenvalue weighted by Crippen LogP contribution is -2.49. The summed E-state index contributed by atoms with van der Waals surface area (Å²) in [4.78, 5) is 31.9. The highest BCUT2D eigenvalue weighted by atomic mass is 19.1. The number of H-pyrrole nitrogens is 1. The summed E-state index contributed by atoms with van der Waals surface area (Å²) < 4.78 is 18.1. The first-order chi connectivity index (χ1) is 18.4. The van der Waals surface area contributed by atoms with Crippen molar-refractivity contribution in [2.24, 2.45) is 0 Å². The number of carbonyl (C=O) groups excluding carboxylic acids is 2. The van der Waals surface area contributed by atoms with Gasteiger partial charge in [-0.05, 0) is 59.5 Å². The molecule has 1 aromatic heterocycles. The predicted molar refractivity (Wildman–Crippen MR) is 151 cm³/mol. The van der Waals surface area contributed by atoms with Crippen LogP contribution in [0.3, 0.4) is 0 Å². The van der Waals surface area contributed by atoms with E-state index in [1.54, 1.807) is 55.5 Å². The van der Waals surface area contributed by atoms with Crippen LogP contribution in [0.1, 0.15) is 33.6 Å². The van der Waals surface area contributed by atoms with Gasteiger partial charge in [0.25, 0.3) is 0 Å². The molecule has 2 heterocycles. The Morgan fingerprint density at radius 2 is 1.97 bits per heavy atom. The number of carbonyl (C=O) groups is 2. The van der Waals surface area contributed by atoms with Crippen molar-refractivity contribution in [1.29, 1.82) is 0 Å². The summed E-state index contributed by atoms with van der Waals surface area (Å²) in [7, 11) is 3.28. The Labute approximate surface area is 222 Å². The number of benzene rings is 2. The first kappa shape index (κ1) is 26.7. The van der Waals surface area contributed by atoms with Crippen molar-refractivity contribution in [2.45, 2.75) is 25.3 Å². The highest BCUT2D eigenvalue weighted by Crippen LogP contribution is 2.25. The Morgan fingerprint density at radius 1 is 1.21 bits per heavy atom. The van der Waals surface area contributed by atoms with Crippen LogP contribution in [0, 0.1) is 0 Å². The molecule has 38 heavy (non-hydrogen) atoms. The summed E-state index contributed by atoms with van der Waals surface area (Å²) >= 11 is 0. The van der Waals surface area contributed by atoms with Gasteiger partial charge in [-0.1, -0.05) is 49.1 Å². The number of aromatic nitrogens is 1. The lowest BCUT2D eigenvalue weighted by atomic mass is 10.0. The number of hydrogen-bond donors (Lipinski definition) is 2. The van der Waals surface area contributed by atoms with Crippen LogP contribution in [-0.4, -0.2) is 43.7 Å². The van der Waals surface area contributed by atoms with Crippen molar-refractivity contribution in [3.05, 3.63) is 101 Å². The van der Waals surface area contributed by atoms with Crippen molar-refractivity contribution in [1.82, 2.24) is 10.3 Å². The van der Waals surface area contributed by atoms with Crippen LogP contribution in [0.5, 0.6) is 5.75 Å². The number of halogens is 1. The van der Waals surface area contributed by atoms with Crippen LogP contribution in [0.2, 0.25) is 0 Å². The maximum atomic E-state index is 13.7. The molecule has 6 nitrogen and oxygen atoms in total. The van der Waals surface area contributed by atoms with Crippen LogP contribution in [-0.2, 0) is 28.9 Å². The molecule has 2 bridgehead atoms. The number of aromatic amines is 1. The average molecular weight is 514 g/mol. The quantitative estimate of drug-likeness (QED) is 0.479. The van der Waals surface area contributed by atoms with Gasteiger partial charge in [0.15, 0.2) is 0 Å². The molecule has 2 amide bonds. The molecule has 0 spiro atoms. The van der Waals surface area contributed by atoms with Crippen molar-refractivity contribution in [3.63, 3.8) is 0 Å². The molecule has 0 fully saturated rings. The van der Waals surface area contributed by atoms with Crippen molar-refractivity contribution in [2.75, 3.05) is 25.7 Å². The largest absolute Gasteiger partial charge is 0.497 e. The number of allylic oxidation sites excluding steroid dienone is 2. The first-order valence-electron chi connectivity index (χ1n) is 12.5. The normalized spacial score (nSPS) is 16.4. The summed E-state index contributed by atoms with van der Waals surface area (Å²) in [6.45, 7) is 3.31. The standard InChI is InChI=1S/C31H32FN3O3/c1-4-25-26-20-30(36)34-29(31(37)35(2)23-13-15-24(38-3)16-14-23)19-22-10-5-8-21(18-22)9-6-11-28(26)33-27(25)12-7-17-32/h4-8,10-16,18,29,33H,1,9,17,19-20H2,2-3H3,(H,34,36)/b11-6+,12-7-/t29-/m0/s1. The van der Waals surface area contributed by atoms with Crippen molar-refractivity contribution < 1.29 is 18.7 Å². The van der Waals surface area contributed by atoms with E-state index in [9.17, 15) is 14.0 Å². The zero-order valence-corrected chi connectivity index (χ0v) is 21.7. The summed E-state index contributed by atoms with van der Waals surface area (Å²) in [6.07, 6.45) is 9.75. The smallest absolute Gasteiger partial charge is 0.249 e. The Kier molecular flexibility index (Phi) is 8.58. The molecule has 7 heteroatoms. The minimum Gasteiger partial charge on any atom is -0.497 e. The topological polar surface area (TPSA) is 74.4 Å². The van der Waals surface area contributed by atoms with Gasteiger partial charge in [0.2, 0.25) is 11.8 Å². The van der Waals surface area contributed by atoms with E-state index in [-0.39, 0.29) is 18.2 Å². The summed E-state index contributed by atoms with van der Waals surface area (Å²) in [5.41, 5.74) is 5.65. The third kappa shape index (κ3) is 6.11. The fraction of sp³-hybridized carbons (Fsp3) is 0.226. The van der Waals surface area contributed by atoms with Gasteiger partial charge in [-0.15, -0.1) is 0 Å². The number of fused-ring (bicyclic) bond motifs is 3. The number of methoxy groups -OCH3 is 1. The third-order valence-corrected chi connectivity index (χ3v) is 6.62. The molecule has 2 N–H and O–H groups in total. The zero-order valence-electron chi connectivity index (χ0n) is 21.7.